The van der Waals surface area contributed by atoms with E-state index in [1.54, 1.807) is 11.3 Å². The molecule has 0 aliphatic heterocycles. The van der Waals surface area contributed by atoms with Crippen LogP contribution in [-0.2, 0) is 0 Å². The van der Waals surface area contributed by atoms with Crippen LogP contribution in [0.5, 0.6) is 0 Å². The summed E-state index contributed by atoms with van der Waals surface area (Å²) in [5.41, 5.74) is 3.94. The molecule has 0 bridgehead atoms. The smallest absolute Gasteiger partial charge is 0.194 e. The topological polar surface area (TPSA) is 17.3 Å². The highest BCUT2D eigenvalue weighted by molar-refractivity contribution is 9.09. The summed E-state index contributed by atoms with van der Waals surface area (Å²) < 4.78 is 2.21. The molecule has 2 aromatic rings. The summed E-state index contributed by atoms with van der Waals surface area (Å²) in [5, 5.41) is 3.09. The highest BCUT2D eigenvalue weighted by Crippen LogP contribution is 2.32. The molecular weight excluding hydrogens is 320 g/mol. The third-order valence-corrected chi connectivity index (χ3v) is 5.49. The molecule has 2 nitrogen and oxygen atoms in total. The van der Waals surface area contributed by atoms with Gasteiger partial charge in [-0.15, -0.1) is 11.3 Å². The van der Waals surface area contributed by atoms with Crippen LogP contribution in [-0.4, -0.2) is 14.7 Å². The number of aryl methyl sites for hydroxylation is 1. The Labute approximate surface area is 126 Å². The molecule has 0 atom stereocenters. The molecule has 2 heterocycles. The minimum absolute atomic E-state index is 0.761. The van der Waals surface area contributed by atoms with E-state index in [2.05, 4.69) is 49.9 Å². The number of aromatic nitrogens is 2. The number of allylic oxidation sites excluding steroid dienone is 1. The summed E-state index contributed by atoms with van der Waals surface area (Å²) in [5.74, 6) is 0.761. The number of alkyl halides is 1. The van der Waals surface area contributed by atoms with E-state index in [1.165, 1.54) is 43.4 Å². The number of thiazole rings is 1. The predicted octanol–water partition coefficient (Wildman–Crippen LogP) is 5.06. The molecule has 2 aromatic heterocycles. The van der Waals surface area contributed by atoms with Gasteiger partial charge in [0.2, 0.25) is 0 Å². The Morgan fingerprint density at radius 3 is 3.00 bits per heavy atom. The zero-order chi connectivity index (χ0) is 13.2. The highest BCUT2D eigenvalue weighted by Gasteiger charge is 2.18. The molecule has 3 rings (SSSR count). The van der Waals surface area contributed by atoms with Crippen molar-refractivity contribution in [1.82, 2.24) is 9.38 Å². The zero-order valence-corrected chi connectivity index (χ0v) is 13.6. The average Bonchev–Trinajstić information content (AvgIpc) is 2.99. The Kier molecular flexibility index (Phi) is 4.08. The summed E-state index contributed by atoms with van der Waals surface area (Å²) in [6.07, 6.45) is 11.4. The molecule has 1 aliphatic carbocycles. The highest BCUT2D eigenvalue weighted by atomic mass is 79.9. The first kappa shape index (κ1) is 13.4. The van der Waals surface area contributed by atoms with Gasteiger partial charge in [-0.3, -0.25) is 4.40 Å². The van der Waals surface area contributed by atoms with Crippen molar-refractivity contribution < 1.29 is 0 Å². The monoisotopic (exact) mass is 338 g/mol. The Morgan fingerprint density at radius 1 is 1.47 bits per heavy atom. The van der Waals surface area contributed by atoms with Crippen LogP contribution in [0.25, 0.3) is 11.0 Å². The molecule has 0 amide bonds. The van der Waals surface area contributed by atoms with E-state index in [9.17, 15) is 0 Å². The van der Waals surface area contributed by atoms with Crippen LogP contribution in [0, 0.1) is 12.8 Å². The van der Waals surface area contributed by atoms with Gasteiger partial charge in [0.25, 0.3) is 0 Å². The Hall–Kier alpha value is -0.610. The van der Waals surface area contributed by atoms with Gasteiger partial charge in [0.05, 0.1) is 11.4 Å². The summed E-state index contributed by atoms with van der Waals surface area (Å²) >= 11 is 5.38. The van der Waals surface area contributed by atoms with Crippen molar-refractivity contribution in [3.05, 3.63) is 28.5 Å². The van der Waals surface area contributed by atoms with E-state index in [-0.39, 0.29) is 0 Å². The average molecular weight is 339 g/mol. The van der Waals surface area contributed by atoms with Crippen LogP contribution < -0.4 is 0 Å². The second kappa shape index (κ2) is 5.80. The van der Waals surface area contributed by atoms with Crippen molar-refractivity contribution in [3.63, 3.8) is 0 Å². The lowest BCUT2D eigenvalue weighted by Gasteiger charge is -2.23. The van der Waals surface area contributed by atoms with Crippen molar-refractivity contribution in [1.29, 1.82) is 0 Å². The summed E-state index contributed by atoms with van der Waals surface area (Å²) in [7, 11) is 0. The van der Waals surface area contributed by atoms with Crippen LogP contribution in [0.1, 0.15) is 43.5 Å². The first-order valence-corrected chi connectivity index (χ1v) is 8.98. The van der Waals surface area contributed by atoms with E-state index < -0.39 is 0 Å². The van der Waals surface area contributed by atoms with Crippen LogP contribution in [0.2, 0.25) is 0 Å². The van der Waals surface area contributed by atoms with Gasteiger partial charge < -0.3 is 0 Å². The molecule has 0 radical (unpaired) electrons. The number of nitrogens with zero attached hydrogens (tertiary/aromatic N) is 2. The van der Waals surface area contributed by atoms with Crippen LogP contribution in [0.3, 0.4) is 0 Å². The van der Waals surface area contributed by atoms with Gasteiger partial charge in [-0.2, -0.15) is 0 Å². The second-order valence-corrected chi connectivity index (χ2v) is 6.76. The van der Waals surface area contributed by atoms with Gasteiger partial charge >= 0.3 is 0 Å². The van der Waals surface area contributed by atoms with Crippen molar-refractivity contribution in [2.45, 2.75) is 39.0 Å². The number of rotatable bonds is 3. The SMILES string of the molecule is Cc1nc2sccn2c1C=C(CBr)C1CCCCC1. The first-order valence-electron chi connectivity index (χ1n) is 6.98. The summed E-state index contributed by atoms with van der Waals surface area (Å²) in [6, 6.07) is 0. The fraction of sp³-hybridized carbons (Fsp3) is 0.533. The molecule has 0 saturated heterocycles. The molecular formula is C15H19BrN2S. The fourth-order valence-corrected chi connectivity index (χ4v) is 4.39. The van der Waals surface area contributed by atoms with E-state index in [0.29, 0.717) is 0 Å². The molecule has 0 spiro atoms. The Balaban J connectivity index is 1.97. The molecule has 1 aliphatic rings. The normalized spacial score (nSPS) is 18.3. The maximum atomic E-state index is 4.63. The van der Waals surface area contributed by atoms with Crippen molar-refractivity contribution in [2.75, 3.05) is 5.33 Å². The molecule has 1 fully saturated rings. The number of halogens is 1. The number of hydrogen-bond donors (Lipinski definition) is 0. The minimum atomic E-state index is 0.761. The molecule has 0 N–H and O–H groups in total. The summed E-state index contributed by atoms with van der Waals surface area (Å²) in [6.45, 7) is 2.11. The molecule has 0 aromatic carbocycles. The lowest BCUT2D eigenvalue weighted by molar-refractivity contribution is 0.405. The van der Waals surface area contributed by atoms with Crippen molar-refractivity contribution in [3.8, 4) is 0 Å². The number of imidazole rings is 1. The van der Waals surface area contributed by atoms with Crippen molar-refractivity contribution >= 4 is 38.3 Å². The first-order chi connectivity index (χ1) is 9.29. The van der Waals surface area contributed by atoms with E-state index in [0.717, 1.165) is 21.9 Å². The lowest BCUT2D eigenvalue weighted by Crippen LogP contribution is -2.10. The van der Waals surface area contributed by atoms with Gasteiger partial charge in [-0.25, -0.2) is 4.98 Å². The molecule has 102 valence electrons. The Morgan fingerprint density at radius 2 is 2.26 bits per heavy atom. The molecule has 19 heavy (non-hydrogen) atoms. The molecule has 4 heteroatoms. The van der Waals surface area contributed by atoms with E-state index in [4.69, 9.17) is 0 Å². The maximum Gasteiger partial charge on any atom is 0.194 e. The second-order valence-electron chi connectivity index (χ2n) is 5.33. The quantitative estimate of drug-likeness (QED) is 0.714. The van der Waals surface area contributed by atoms with Crippen LogP contribution in [0.15, 0.2) is 17.2 Å². The third-order valence-electron chi connectivity index (χ3n) is 4.09. The van der Waals surface area contributed by atoms with Crippen LogP contribution >= 0.6 is 27.3 Å². The fourth-order valence-electron chi connectivity index (χ4n) is 3.00. The number of hydrogen-bond acceptors (Lipinski definition) is 2. The third kappa shape index (κ3) is 2.65. The van der Waals surface area contributed by atoms with Crippen LogP contribution in [0.4, 0.5) is 0 Å². The van der Waals surface area contributed by atoms with Gasteiger partial charge in [0, 0.05) is 16.9 Å². The zero-order valence-electron chi connectivity index (χ0n) is 11.2. The largest absolute Gasteiger partial charge is 0.291 e. The standard InChI is InChI=1S/C15H19BrN2S/c1-11-14(18-7-8-19-15(18)17-11)9-13(10-16)12-5-3-2-4-6-12/h7-9,12H,2-6,10H2,1H3. The molecule has 0 unspecified atom stereocenters. The lowest BCUT2D eigenvalue weighted by atomic mass is 9.84. The van der Waals surface area contributed by atoms with Crippen molar-refractivity contribution in [2.24, 2.45) is 5.92 Å². The van der Waals surface area contributed by atoms with E-state index in [1.807, 2.05) is 0 Å². The van der Waals surface area contributed by atoms with Gasteiger partial charge in [-0.1, -0.05) is 40.8 Å². The summed E-state index contributed by atoms with van der Waals surface area (Å²) in [4.78, 5) is 5.73. The van der Waals surface area contributed by atoms with Gasteiger partial charge in [0.1, 0.15) is 0 Å². The van der Waals surface area contributed by atoms with E-state index >= 15 is 0 Å². The Bertz CT molecular complexity index is 590. The van der Waals surface area contributed by atoms with Gasteiger partial charge in [-0.05, 0) is 31.8 Å². The predicted molar refractivity (Wildman–Crippen MR) is 86.2 cm³/mol. The maximum absolute atomic E-state index is 4.63. The minimum Gasteiger partial charge on any atom is -0.291 e. The number of fused-ring (bicyclic) bond motifs is 1. The molecule has 1 saturated carbocycles. The van der Waals surface area contributed by atoms with Gasteiger partial charge in [0.15, 0.2) is 4.96 Å².